The van der Waals surface area contributed by atoms with Crippen molar-refractivity contribution in [3.63, 3.8) is 0 Å². The maximum absolute atomic E-state index is 12.4. The van der Waals surface area contributed by atoms with E-state index in [1.54, 1.807) is 6.07 Å². The van der Waals surface area contributed by atoms with Crippen LogP contribution in [-0.4, -0.2) is 43.6 Å². The highest BCUT2D eigenvalue weighted by atomic mass is 35.5. The third-order valence-corrected chi connectivity index (χ3v) is 7.40. The number of halogens is 2. The molecule has 1 saturated heterocycles. The van der Waals surface area contributed by atoms with E-state index in [1.165, 1.54) is 5.56 Å². The van der Waals surface area contributed by atoms with Crippen LogP contribution >= 0.6 is 23.2 Å². The lowest BCUT2D eigenvalue weighted by molar-refractivity contribution is -0.118. The van der Waals surface area contributed by atoms with Gasteiger partial charge in [0.2, 0.25) is 0 Å². The Labute approximate surface area is 224 Å². The molecular formula is C29H33Cl2N3O2. The van der Waals surface area contributed by atoms with Gasteiger partial charge in [0, 0.05) is 43.4 Å². The maximum Gasteiger partial charge on any atom is 0.262 e. The molecule has 1 aliphatic rings. The Hall–Kier alpha value is -2.73. The Bertz CT molecular complexity index is 1160. The van der Waals surface area contributed by atoms with E-state index in [0.717, 1.165) is 55.4 Å². The second-order valence-corrected chi connectivity index (χ2v) is 10.1. The van der Waals surface area contributed by atoms with Crippen molar-refractivity contribution >= 4 is 40.5 Å². The molecule has 36 heavy (non-hydrogen) atoms. The SMILES string of the molecule is CCC(C)c1ccc(OCC(=O)Nc2ccc(N3CCN(Cc4ccccc4Cl)CC3)c(Cl)c2)cc1. The second-order valence-electron chi connectivity index (χ2n) is 9.24. The van der Waals surface area contributed by atoms with Crippen LogP contribution in [0.3, 0.4) is 0 Å². The van der Waals surface area contributed by atoms with E-state index in [-0.39, 0.29) is 12.5 Å². The Balaban J connectivity index is 1.26. The van der Waals surface area contributed by atoms with Gasteiger partial charge in [0.1, 0.15) is 5.75 Å². The summed E-state index contributed by atoms with van der Waals surface area (Å²) in [6.45, 7) is 8.75. The number of nitrogens with zero attached hydrogens (tertiary/aromatic N) is 2. The van der Waals surface area contributed by atoms with Gasteiger partial charge in [-0.1, -0.05) is 67.4 Å². The van der Waals surface area contributed by atoms with Crippen LogP contribution in [0.4, 0.5) is 11.4 Å². The molecule has 1 fully saturated rings. The summed E-state index contributed by atoms with van der Waals surface area (Å²) in [6, 6.07) is 21.6. The summed E-state index contributed by atoms with van der Waals surface area (Å²) in [7, 11) is 0. The molecule has 0 aliphatic carbocycles. The fourth-order valence-electron chi connectivity index (χ4n) is 4.33. The van der Waals surface area contributed by atoms with E-state index < -0.39 is 0 Å². The minimum Gasteiger partial charge on any atom is -0.484 e. The molecule has 1 N–H and O–H groups in total. The number of rotatable bonds is 9. The molecule has 190 valence electrons. The van der Waals surface area contributed by atoms with E-state index in [0.29, 0.717) is 22.4 Å². The second kappa shape index (κ2) is 12.5. The molecular weight excluding hydrogens is 493 g/mol. The molecule has 1 aliphatic heterocycles. The van der Waals surface area contributed by atoms with E-state index in [9.17, 15) is 4.79 Å². The van der Waals surface area contributed by atoms with Crippen molar-refractivity contribution in [2.75, 3.05) is 43.0 Å². The lowest BCUT2D eigenvalue weighted by Crippen LogP contribution is -2.46. The molecule has 3 aromatic carbocycles. The quantitative estimate of drug-likeness (QED) is 0.331. The van der Waals surface area contributed by atoms with E-state index in [1.807, 2.05) is 42.5 Å². The van der Waals surface area contributed by atoms with Crippen molar-refractivity contribution in [3.05, 3.63) is 87.9 Å². The number of amides is 1. The minimum absolute atomic E-state index is 0.0601. The van der Waals surface area contributed by atoms with Crippen LogP contribution in [0, 0.1) is 0 Å². The zero-order chi connectivity index (χ0) is 25.5. The Morgan fingerprint density at radius 1 is 0.972 bits per heavy atom. The highest BCUT2D eigenvalue weighted by Crippen LogP contribution is 2.30. The normalized spacial score (nSPS) is 14.9. The predicted molar refractivity (Wildman–Crippen MR) is 150 cm³/mol. The first kappa shape index (κ1) is 26.3. The molecule has 1 heterocycles. The first-order chi connectivity index (χ1) is 17.4. The molecule has 0 aromatic heterocycles. The lowest BCUT2D eigenvalue weighted by Gasteiger charge is -2.36. The molecule has 0 radical (unpaired) electrons. The molecule has 1 amide bonds. The van der Waals surface area contributed by atoms with Crippen LogP contribution in [0.15, 0.2) is 66.7 Å². The smallest absolute Gasteiger partial charge is 0.262 e. The van der Waals surface area contributed by atoms with Crippen molar-refractivity contribution in [2.24, 2.45) is 0 Å². The first-order valence-corrected chi connectivity index (χ1v) is 13.2. The molecule has 1 unspecified atom stereocenters. The van der Waals surface area contributed by atoms with Crippen LogP contribution in [0.25, 0.3) is 0 Å². The number of carbonyl (C=O) groups excluding carboxylic acids is 1. The fourth-order valence-corrected chi connectivity index (χ4v) is 4.83. The summed E-state index contributed by atoms with van der Waals surface area (Å²) in [5.74, 6) is 0.963. The lowest BCUT2D eigenvalue weighted by atomic mass is 9.99. The van der Waals surface area contributed by atoms with Gasteiger partial charge in [0.05, 0.1) is 10.7 Å². The third kappa shape index (κ3) is 6.94. The summed E-state index contributed by atoms with van der Waals surface area (Å²) in [6.07, 6.45) is 1.09. The molecule has 3 aromatic rings. The van der Waals surface area contributed by atoms with Crippen LogP contribution < -0.4 is 15.0 Å². The summed E-state index contributed by atoms with van der Waals surface area (Å²) in [5, 5.41) is 4.30. The van der Waals surface area contributed by atoms with Gasteiger partial charge in [0.25, 0.3) is 5.91 Å². The van der Waals surface area contributed by atoms with Crippen LogP contribution in [0.2, 0.25) is 10.0 Å². The Morgan fingerprint density at radius 2 is 1.69 bits per heavy atom. The number of benzene rings is 3. The molecule has 0 bridgehead atoms. The van der Waals surface area contributed by atoms with Gasteiger partial charge >= 0.3 is 0 Å². The summed E-state index contributed by atoms with van der Waals surface area (Å²) in [4.78, 5) is 17.1. The van der Waals surface area contributed by atoms with Crippen molar-refractivity contribution < 1.29 is 9.53 Å². The zero-order valence-corrected chi connectivity index (χ0v) is 22.4. The maximum atomic E-state index is 12.4. The van der Waals surface area contributed by atoms with Gasteiger partial charge in [-0.25, -0.2) is 0 Å². The van der Waals surface area contributed by atoms with Crippen molar-refractivity contribution in [1.82, 2.24) is 4.90 Å². The van der Waals surface area contributed by atoms with Crippen molar-refractivity contribution in [1.29, 1.82) is 0 Å². The monoisotopic (exact) mass is 525 g/mol. The number of ether oxygens (including phenoxy) is 1. The minimum atomic E-state index is -0.224. The number of hydrogen-bond donors (Lipinski definition) is 1. The van der Waals surface area contributed by atoms with Crippen LogP contribution in [0.1, 0.15) is 37.3 Å². The zero-order valence-electron chi connectivity index (χ0n) is 20.8. The molecule has 7 heteroatoms. The standard InChI is InChI=1S/C29H33Cl2N3O2/c1-3-21(2)22-8-11-25(12-9-22)36-20-29(35)32-24-10-13-28(27(31)18-24)34-16-14-33(15-17-34)19-23-6-4-5-7-26(23)30/h4-13,18,21H,3,14-17,19-20H2,1-2H3,(H,32,35). The van der Waals surface area contributed by atoms with Crippen molar-refractivity contribution in [3.8, 4) is 5.75 Å². The third-order valence-electron chi connectivity index (χ3n) is 6.73. The van der Waals surface area contributed by atoms with E-state index >= 15 is 0 Å². The first-order valence-electron chi connectivity index (χ1n) is 12.5. The summed E-state index contributed by atoms with van der Waals surface area (Å²) >= 11 is 12.9. The highest BCUT2D eigenvalue weighted by molar-refractivity contribution is 6.33. The number of nitrogens with one attached hydrogen (secondary N) is 1. The molecule has 1 atom stereocenters. The number of hydrogen-bond acceptors (Lipinski definition) is 4. The van der Waals surface area contributed by atoms with E-state index in [4.69, 9.17) is 27.9 Å². The molecule has 0 spiro atoms. The average molecular weight is 527 g/mol. The number of piperazine rings is 1. The Morgan fingerprint density at radius 3 is 2.36 bits per heavy atom. The van der Waals surface area contributed by atoms with Gasteiger partial charge in [-0.05, 0) is 59.9 Å². The molecule has 5 nitrogen and oxygen atoms in total. The fraction of sp³-hybridized carbons (Fsp3) is 0.345. The van der Waals surface area contributed by atoms with Gasteiger partial charge in [0.15, 0.2) is 6.61 Å². The Kier molecular flexibility index (Phi) is 9.13. The van der Waals surface area contributed by atoms with Gasteiger partial charge in [-0.2, -0.15) is 0 Å². The largest absolute Gasteiger partial charge is 0.484 e. The van der Waals surface area contributed by atoms with Gasteiger partial charge in [-0.3, -0.25) is 9.69 Å². The van der Waals surface area contributed by atoms with Crippen molar-refractivity contribution in [2.45, 2.75) is 32.7 Å². The van der Waals surface area contributed by atoms with Crippen LogP contribution in [-0.2, 0) is 11.3 Å². The predicted octanol–water partition coefficient (Wildman–Crippen LogP) is 6.85. The summed E-state index contributed by atoms with van der Waals surface area (Å²) < 4.78 is 5.65. The topological polar surface area (TPSA) is 44.8 Å². The average Bonchev–Trinajstić information content (AvgIpc) is 2.89. The van der Waals surface area contributed by atoms with E-state index in [2.05, 4.69) is 47.2 Å². The number of carbonyl (C=O) groups is 1. The molecule has 4 rings (SSSR count). The molecule has 0 saturated carbocycles. The van der Waals surface area contributed by atoms with Gasteiger partial charge < -0.3 is 15.0 Å². The van der Waals surface area contributed by atoms with Crippen LogP contribution in [0.5, 0.6) is 5.75 Å². The highest BCUT2D eigenvalue weighted by Gasteiger charge is 2.20. The summed E-state index contributed by atoms with van der Waals surface area (Å²) in [5.41, 5.74) is 4.05. The number of anilines is 2. The van der Waals surface area contributed by atoms with Gasteiger partial charge in [-0.15, -0.1) is 0 Å².